The number of rotatable bonds is 4. The van der Waals surface area contributed by atoms with Crippen molar-refractivity contribution in [1.29, 1.82) is 0 Å². The summed E-state index contributed by atoms with van der Waals surface area (Å²) in [7, 11) is -2.98. The molecular formula is C14H23N3O2S. The van der Waals surface area contributed by atoms with Crippen LogP contribution in [-0.2, 0) is 16.6 Å². The Labute approximate surface area is 121 Å². The van der Waals surface area contributed by atoms with Crippen LogP contribution in [0.4, 0.5) is 0 Å². The van der Waals surface area contributed by atoms with E-state index >= 15 is 0 Å². The zero-order valence-electron chi connectivity index (χ0n) is 12.2. The van der Waals surface area contributed by atoms with Crippen LogP contribution in [0.5, 0.6) is 0 Å². The Kier molecular flexibility index (Phi) is 3.62. The Morgan fingerprint density at radius 1 is 1.20 bits per heavy atom. The quantitative estimate of drug-likeness (QED) is 0.850. The minimum Gasteiger partial charge on any atom is -0.269 e. The predicted octanol–water partition coefficient (Wildman–Crippen LogP) is 1.70. The molecule has 2 heterocycles. The zero-order chi connectivity index (χ0) is 14.3. The average Bonchev–Trinajstić information content (AvgIpc) is 3.19. The Morgan fingerprint density at radius 3 is 2.35 bits per heavy atom. The van der Waals surface area contributed by atoms with E-state index in [-0.39, 0.29) is 5.25 Å². The number of hydrogen-bond acceptors (Lipinski definition) is 3. The molecule has 1 aliphatic heterocycles. The molecule has 1 aromatic rings. The van der Waals surface area contributed by atoms with Crippen molar-refractivity contribution < 1.29 is 8.42 Å². The zero-order valence-corrected chi connectivity index (χ0v) is 13.1. The van der Waals surface area contributed by atoms with Crippen molar-refractivity contribution in [2.24, 2.45) is 5.92 Å². The molecule has 6 heteroatoms. The van der Waals surface area contributed by atoms with Crippen LogP contribution in [0.2, 0.25) is 0 Å². The van der Waals surface area contributed by atoms with E-state index in [1.807, 2.05) is 6.92 Å². The second kappa shape index (κ2) is 5.15. The minimum atomic E-state index is -2.98. The van der Waals surface area contributed by atoms with Gasteiger partial charge in [-0.1, -0.05) is 0 Å². The molecule has 1 saturated carbocycles. The smallest absolute Gasteiger partial charge is 0.216 e. The second-order valence-corrected chi connectivity index (χ2v) is 8.41. The maximum atomic E-state index is 12.2. The first kappa shape index (κ1) is 14.1. The highest BCUT2D eigenvalue weighted by molar-refractivity contribution is 7.90. The van der Waals surface area contributed by atoms with Crippen molar-refractivity contribution in [3.63, 3.8) is 0 Å². The van der Waals surface area contributed by atoms with Gasteiger partial charge in [0.25, 0.3) is 0 Å². The van der Waals surface area contributed by atoms with Crippen LogP contribution in [-0.4, -0.2) is 40.8 Å². The van der Waals surface area contributed by atoms with Crippen molar-refractivity contribution in [1.82, 2.24) is 14.1 Å². The molecular weight excluding hydrogens is 274 g/mol. The van der Waals surface area contributed by atoms with Crippen LogP contribution >= 0.6 is 0 Å². The summed E-state index contributed by atoms with van der Waals surface area (Å²) in [6, 6.07) is 2.09. The van der Waals surface area contributed by atoms with E-state index in [2.05, 4.69) is 22.8 Å². The first-order valence-electron chi connectivity index (χ1n) is 7.47. The number of aryl methyl sites for hydroxylation is 2. The number of hydrogen-bond donors (Lipinski definition) is 0. The summed E-state index contributed by atoms with van der Waals surface area (Å²) in [5.41, 5.74) is 2.24. The van der Waals surface area contributed by atoms with E-state index in [4.69, 9.17) is 0 Å². The molecule has 1 aliphatic carbocycles. The molecule has 1 saturated heterocycles. The van der Waals surface area contributed by atoms with Crippen LogP contribution < -0.4 is 0 Å². The molecule has 2 aliphatic rings. The molecule has 112 valence electrons. The van der Waals surface area contributed by atoms with E-state index < -0.39 is 10.0 Å². The topological polar surface area (TPSA) is 55.2 Å². The summed E-state index contributed by atoms with van der Waals surface area (Å²) in [6.45, 7) is 6.36. The SMILES string of the molecule is Cc1cc(C)n(CC2CCN(S(=O)(=O)C3CC3)CC2)n1. The van der Waals surface area contributed by atoms with E-state index in [0.29, 0.717) is 19.0 Å². The molecule has 20 heavy (non-hydrogen) atoms. The van der Waals surface area contributed by atoms with Gasteiger partial charge in [-0.2, -0.15) is 5.10 Å². The Morgan fingerprint density at radius 2 is 1.85 bits per heavy atom. The lowest BCUT2D eigenvalue weighted by Gasteiger charge is -2.31. The number of sulfonamides is 1. The summed E-state index contributed by atoms with van der Waals surface area (Å²) < 4.78 is 28.1. The highest BCUT2D eigenvalue weighted by Crippen LogP contribution is 2.33. The second-order valence-electron chi connectivity index (χ2n) is 6.20. The highest BCUT2D eigenvalue weighted by Gasteiger charge is 2.41. The van der Waals surface area contributed by atoms with Gasteiger partial charge in [-0.3, -0.25) is 4.68 Å². The summed E-state index contributed by atoms with van der Waals surface area (Å²) in [5.74, 6) is 0.540. The van der Waals surface area contributed by atoms with E-state index in [9.17, 15) is 8.42 Å². The van der Waals surface area contributed by atoms with Gasteiger partial charge in [-0.25, -0.2) is 12.7 Å². The Hall–Kier alpha value is -0.880. The van der Waals surface area contributed by atoms with Crippen molar-refractivity contribution >= 4 is 10.0 Å². The molecule has 0 atom stereocenters. The Balaban J connectivity index is 1.57. The van der Waals surface area contributed by atoms with E-state index in [1.54, 1.807) is 4.31 Å². The third-order valence-electron chi connectivity index (χ3n) is 4.41. The molecule has 1 aromatic heterocycles. The average molecular weight is 297 g/mol. The van der Waals surface area contributed by atoms with Gasteiger partial charge in [-0.15, -0.1) is 0 Å². The highest BCUT2D eigenvalue weighted by atomic mass is 32.2. The third-order valence-corrected chi connectivity index (χ3v) is 6.81. The van der Waals surface area contributed by atoms with E-state index in [1.165, 1.54) is 5.69 Å². The van der Waals surface area contributed by atoms with Gasteiger partial charge < -0.3 is 0 Å². The van der Waals surface area contributed by atoms with Gasteiger partial charge in [0.15, 0.2) is 0 Å². The standard InChI is InChI=1S/C14H23N3O2S/c1-11-9-12(2)17(15-11)10-13-5-7-16(8-6-13)20(18,19)14-3-4-14/h9,13-14H,3-8,10H2,1-2H3. The van der Waals surface area contributed by atoms with Crippen molar-refractivity contribution in [2.75, 3.05) is 13.1 Å². The Bertz CT molecular complexity index is 582. The van der Waals surface area contributed by atoms with Gasteiger partial charge in [0.2, 0.25) is 10.0 Å². The van der Waals surface area contributed by atoms with Gasteiger partial charge in [0.1, 0.15) is 0 Å². The third kappa shape index (κ3) is 2.76. The number of piperidine rings is 1. The molecule has 0 aromatic carbocycles. The van der Waals surface area contributed by atoms with Crippen molar-refractivity contribution in [3.05, 3.63) is 17.5 Å². The summed E-state index contributed by atoms with van der Waals surface area (Å²) in [6.07, 6.45) is 3.61. The van der Waals surface area contributed by atoms with Gasteiger partial charge in [0, 0.05) is 25.3 Å². The molecule has 3 rings (SSSR count). The molecule has 5 nitrogen and oxygen atoms in total. The molecule has 2 fully saturated rings. The molecule has 0 amide bonds. The summed E-state index contributed by atoms with van der Waals surface area (Å²) in [4.78, 5) is 0. The van der Waals surface area contributed by atoms with Gasteiger partial charge >= 0.3 is 0 Å². The van der Waals surface area contributed by atoms with Crippen LogP contribution in [0.15, 0.2) is 6.07 Å². The molecule has 0 unspecified atom stereocenters. The van der Waals surface area contributed by atoms with E-state index in [0.717, 1.165) is 37.9 Å². The van der Waals surface area contributed by atoms with Crippen molar-refractivity contribution in [2.45, 2.75) is 51.3 Å². The summed E-state index contributed by atoms with van der Waals surface area (Å²) >= 11 is 0. The minimum absolute atomic E-state index is 0.0740. The number of aromatic nitrogens is 2. The van der Waals surface area contributed by atoms with Gasteiger partial charge in [0.05, 0.1) is 10.9 Å². The van der Waals surface area contributed by atoms with Crippen LogP contribution in [0.25, 0.3) is 0 Å². The van der Waals surface area contributed by atoms with Gasteiger partial charge in [-0.05, 0) is 51.5 Å². The monoisotopic (exact) mass is 297 g/mol. The lowest BCUT2D eigenvalue weighted by molar-refractivity contribution is 0.245. The normalized spacial score (nSPS) is 22.3. The predicted molar refractivity (Wildman–Crippen MR) is 77.9 cm³/mol. The lowest BCUT2D eigenvalue weighted by Crippen LogP contribution is -2.41. The lowest BCUT2D eigenvalue weighted by atomic mass is 9.98. The molecule has 0 radical (unpaired) electrons. The maximum absolute atomic E-state index is 12.2. The van der Waals surface area contributed by atoms with Crippen molar-refractivity contribution in [3.8, 4) is 0 Å². The fourth-order valence-corrected chi connectivity index (χ4v) is 4.90. The first-order chi connectivity index (χ1) is 9.46. The largest absolute Gasteiger partial charge is 0.269 e. The van der Waals surface area contributed by atoms with Crippen LogP contribution in [0.3, 0.4) is 0 Å². The number of nitrogens with zero attached hydrogens (tertiary/aromatic N) is 3. The summed E-state index contributed by atoms with van der Waals surface area (Å²) in [5, 5.41) is 4.42. The van der Waals surface area contributed by atoms with Crippen LogP contribution in [0.1, 0.15) is 37.1 Å². The molecule has 0 spiro atoms. The van der Waals surface area contributed by atoms with Crippen LogP contribution in [0, 0.1) is 19.8 Å². The molecule has 0 bridgehead atoms. The maximum Gasteiger partial charge on any atom is 0.216 e. The first-order valence-corrected chi connectivity index (χ1v) is 8.97. The fraction of sp³-hybridized carbons (Fsp3) is 0.786. The fourth-order valence-electron chi connectivity index (χ4n) is 3.03. The molecule has 0 N–H and O–H groups in total.